The third-order valence-corrected chi connectivity index (χ3v) is 6.74. The van der Waals surface area contributed by atoms with Gasteiger partial charge >= 0.3 is 0 Å². The molecule has 0 aliphatic carbocycles. The summed E-state index contributed by atoms with van der Waals surface area (Å²) in [5.74, 6) is -1.08. The number of rotatable bonds is 5. The zero-order chi connectivity index (χ0) is 19.4. The van der Waals surface area contributed by atoms with Gasteiger partial charge in [0, 0.05) is 18.8 Å². The molecule has 5 nitrogen and oxygen atoms in total. The van der Waals surface area contributed by atoms with Crippen molar-refractivity contribution in [2.45, 2.75) is 31.1 Å². The predicted octanol–water partition coefficient (Wildman–Crippen LogP) is 3.43. The molecule has 0 saturated carbocycles. The quantitative estimate of drug-likeness (QED) is 0.851. The van der Waals surface area contributed by atoms with Gasteiger partial charge in [0.05, 0.1) is 10.8 Å². The van der Waals surface area contributed by atoms with E-state index in [4.69, 9.17) is 0 Å². The van der Waals surface area contributed by atoms with Crippen molar-refractivity contribution in [3.05, 3.63) is 59.9 Å². The van der Waals surface area contributed by atoms with Crippen molar-refractivity contribution in [2.24, 2.45) is 5.92 Å². The van der Waals surface area contributed by atoms with Crippen molar-refractivity contribution < 1.29 is 17.6 Å². The van der Waals surface area contributed by atoms with E-state index in [0.29, 0.717) is 19.4 Å². The van der Waals surface area contributed by atoms with Crippen LogP contribution >= 0.6 is 0 Å². The second kappa shape index (κ2) is 8.19. The minimum absolute atomic E-state index is 0.0429. The van der Waals surface area contributed by atoms with Crippen molar-refractivity contribution in [3.8, 4) is 0 Å². The predicted molar refractivity (Wildman–Crippen MR) is 102 cm³/mol. The Kier molecular flexibility index (Phi) is 5.92. The number of piperidine rings is 1. The second-order valence-corrected chi connectivity index (χ2v) is 8.59. The number of anilines is 1. The average molecular weight is 390 g/mol. The second-order valence-electron chi connectivity index (χ2n) is 6.66. The lowest BCUT2D eigenvalue weighted by atomic mass is 9.98. The summed E-state index contributed by atoms with van der Waals surface area (Å²) in [4.78, 5) is 12.8. The first-order valence-corrected chi connectivity index (χ1v) is 10.5. The summed E-state index contributed by atoms with van der Waals surface area (Å²) in [6.45, 7) is 2.50. The number of carbonyl (C=O) groups excluding carboxylic acids is 1. The monoisotopic (exact) mass is 390 g/mol. The van der Waals surface area contributed by atoms with Gasteiger partial charge in [-0.1, -0.05) is 25.1 Å². The highest BCUT2D eigenvalue weighted by Crippen LogP contribution is 2.25. The molecule has 1 amide bonds. The van der Waals surface area contributed by atoms with E-state index in [2.05, 4.69) is 5.32 Å². The summed E-state index contributed by atoms with van der Waals surface area (Å²) >= 11 is 0. The number of sulfonamides is 1. The summed E-state index contributed by atoms with van der Waals surface area (Å²) in [6, 6.07) is 12.4. The maximum Gasteiger partial charge on any atom is 0.243 e. The number of halogens is 1. The number of carbonyl (C=O) groups is 1. The Morgan fingerprint density at radius 2 is 1.89 bits per heavy atom. The van der Waals surface area contributed by atoms with E-state index >= 15 is 0 Å². The number of amides is 1. The van der Waals surface area contributed by atoms with Crippen LogP contribution in [0.3, 0.4) is 0 Å². The summed E-state index contributed by atoms with van der Waals surface area (Å²) in [5, 5.41) is 2.94. The summed E-state index contributed by atoms with van der Waals surface area (Å²) in [6.07, 6.45) is 2.04. The maximum absolute atomic E-state index is 13.1. The number of nitrogens with zero attached hydrogens (tertiary/aromatic N) is 1. The van der Waals surface area contributed by atoms with Gasteiger partial charge in [-0.25, -0.2) is 12.8 Å². The largest absolute Gasteiger partial charge is 0.326 e. The standard InChI is InChI=1S/C20H23FN2O3S/c1-2-15-6-3-4-8-19(15)22-20(24)16-7-5-13-23(14-16)27(25,26)18-11-9-17(21)10-12-18/h3-4,6,8-12,16H,2,5,7,13-14H2,1H3,(H,22,24). The molecule has 0 bridgehead atoms. The molecule has 1 aliphatic heterocycles. The number of hydrogen-bond acceptors (Lipinski definition) is 3. The van der Waals surface area contributed by atoms with Crippen LogP contribution in [0, 0.1) is 11.7 Å². The van der Waals surface area contributed by atoms with Gasteiger partial charge in [-0.2, -0.15) is 4.31 Å². The van der Waals surface area contributed by atoms with Crippen molar-refractivity contribution in [3.63, 3.8) is 0 Å². The van der Waals surface area contributed by atoms with E-state index in [0.717, 1.165) is 29.8 Å². The molecule has 1 aliphatic rings. The summed E-state index contributed by atoms with van der Waals surface area (Å²) in [7, 11) is -3.74. The van der Waals surface area contributed by atoms with Crippen LogP contribution in [0.4, 0.5) is 10.1 Å². The molecule has 144 valence electrons. The molecule has 27 heavy (non-hydrogen) atoms. The number of benzene rings is 2. The van der Waals surface area contributed by atoms with E-state index < -0.39 is 21.8 Å². The minimum Gasteiger partial charge on any atom is -0.326 e. The molecule has 1 unspecified atom stereocenters. The highest BCUT2D eigenvalue weighted by atomic mass is 32.2. The number of aryl methyl sites for hydroxylation is 1. The first-order chi connectivity index (χ1) is 12.9. The first kappa shape index (κ1) is 19.5. The molecule has 0 radical (unpaired) electrons. The fraction of sp³-hybridized carbons (Fsp3) is 0.350. The zero-order valence-electron chi connectivity index (χ0n) is 15.2. The molecule has 7 heteroatoms. The van der Waals surface area contributed by atoms with Crippen molar-refractivity contribution in [2.75, 3.05) is 18.4 Å². The molecule has 1 fully saturated rings. The van der Waals surface area contributed by atoms with Gasteiger partial charge in [0.1, 0.15) is 5.82 Å². The van der Waals surface area contributed by atoms with Gasteiger partial charge in [0.15, 0.2) is 0 Å². The lowest BCUT2D eigenvalue weighted by molar-refractivity contribution is -0.120. The molecule has 2 aromatic carbocycles. The molecular weight excluding hydrogens is 367 g/mol. The molecule has 1 saturated heterocycles. The van der Waals surface area contributed by atoms with Crippen LogP contribution < -0.4 is 5.32 Å². The highest BCUT2D eigenvalue weighted by molar-refractivity contribution is 7.89. The molecule has 0 aromatic heterocycles. The minimum atomic E-state index is -3.74. The molecule has 1 atom stereocenters. The smallest absolute Gasteiger partial charge is 0.243 e. The molecule has 3 rings (SSSR count). The topological polar surface area (TPSA) is 66.5 Å². The molecule has 1 N–H and O–H groups in total. The van der Waals surface area contributed by atoms with Crippen LogP contribution in [-0.2, 0) is 21.2 Å². The van der Waals surface area contributed by atoms with Gasteiger partial charge in [0.25, 0.3) is 0 Å². The third-order valence-electron chi connectivity index (χ3n) is 4.86. The number of hydrogen-bond donors (Lipinski definition) is 1. The van der Waals surface area contributed by atoms with Crippen LogP contribution in [0.15, 0.2) is 53.4 Å². The Morgan fingerprint density at radius 1 is 1.19 bits per heavy atom. The number of para-hydroxylation sites is 1. The van der Waals surface area contributed by atoms with Gasteiger partial charge in [-0.15, -0.1) is 0 Å². The molecule has 0 spiro atoms. The zero-order valence-corrected chi connectivity index (χ0v) is 16.0. The van der Waals surface area contributed by atoms with Gasteiger partial charge < -0.3 is 5.32 Å². The van der Waals surface area contributed by atoms with Gasteiger partial charge in [0.2, 0.25) is 15.9 Å². The molecule has 1 heterocycles. The fourth-order valence-electron chi connectivity index (χ4n) is 3.32. The Bertz CT molecular complexity index is 913. The first-order valence-electron chi connectivity index (χ1n) is 9.06. The third kappa shape index (κ3) is 4.36. The van der Waals surface area contributed by atoms with Crippen LogP contribution in [0.2, 0.25) is 0 Å². The van der Waals surface area contributed by atoms with Gasteiger partial charge in [-0.3, -0.25) is 4.79 Å². The van der Waals surface area contributed by atoms with E-state index in [1.165, 1.54) is 16.4 Å². The Hall–Kier alpha value is -2.25. The summed E-state index contributed by atoms with van der Waals surface area (Å²) in [5.41, 5.74) is 1.81. The van der Waals surface area contributed by atoms with Crippen LogP contribution in [0.1, 0.15) is 25.3 Å². The van der Waals surface area contributed by atoms with E-state index in [1.54, 1.807) is 0 Å². The normalized spacial score (nSPS) is 18.2. The van der Waals surface area contributed by atoms with E-state index in [-0.39, 0.29) is 17.3 Å². The van der Waals surface area contributed by atoms with Crippen molar-refractivity contribution >= 4 is 21.6 Å². The van der Waals surface area contributed by atoms with E-state index in [9.17, 15) is 17.6 Å². The van der Waals surface area contributed by atoms with Gasteiger partial charge in [-0.05, 0) is 55.2 Å². The number of nitrogens with one attached hydrogen (secondary N) is 1. The maximum atomic E-state index is 13.1. The Morgan fingerprint density at radius 3 is 2.59 bits per heavy atom. The SMILES string of the molecule is CCc1ccccc1NC(=O)C1CCCN(S(=O)(=O)c2ccc(F)cc2)C1. The lowest BCUT2D eigenvalue weighted by Gasteiger charge is -2.31. The summed E-state index contributed by atoms with van der Waals surface area (Å²) < 4.78 is 40.0. The lowest BCUT2D eigenvalue weighted by Crippen LogP contribution is -2.43. The van der Waals surface area contributed by atoms with Crippen LogP contribution in [0.5, 0.6) is 0 Å². The van der Waals surface area contributed by atoms with Crippen molar-refractivity contribution in [1.82, 2.24) is 4.31 Å². The molecule has 2 aromatic rings. The average Bonchev–Trinajstić information content (AvgIpc) is 2.69. The highest BCUT2D eigenvalue weighted by Gasteiger charge is 2.33. The fourth-order valence-corrected chi connectivity index (χ4v) is 4.84. The van der Waals surface area contributed by atoms with Crippen LogP contribution in [-0.4, -0.2) is 31.7 Å². The Labute approximate surface area is 159 Å². The molecular formula is C20H23FN2O3S. The van der Waals surface area contributed by atoms with Crippen molar-refractivity contribution in [1.29, 1.82) is 0 Å². The Balaban J connectivity index is 1.73. The van der Waals surface area contributed by atoms with E-state index in [1.807, 2.05) is 31.2 Å². The van der Waals surface area contributed by atoms with Crippen LogP contribution in [0.25, 0.3) is 0 Å².